The van der Waals surface area contributed by atoms with Gasteiger partial charge in [-0.1, -0.05) is 13.8 Å². The van der Waals surface area contributed by atoms with Gasteiger partial charge in [-0.15, -0.1) is 0 Å². The van der Waals surface area contributed by atoms with Crippen LogP contribution in [0.1, 0.15) is 33.1 Å². The number of hydrogen-bond acceptors (Lipinski definition) is 1. The van der Waals surface area contributed by atoms with E-state index in [0.29, 0.717) is 5.92 Å². The van der Waals surface area contributed by atoms with Crippen LogP contribution in [0, 0.1) is 22.7 Å². The molecule has 9 heavy (non-hydrogen) atoms. The van der Waals surface area contributed by atoms with Crippen LogP contribution >= 0.6 is 0 Å². The lowest BCUT2D eigenvalue weighted by Crippen LogP contribution is -2.00. The standard InChI is InChI=1S/C8H13N/c1-7(2)5-8(6-9)3-4-8/h7H,3-5H2,1-2H3. The number of hydrogen-bond donors (Lipinski definition) is 0. The highest BCUT2D eigenvalue weighted by Crippen LogP contribution is 2.49. The number of nitrogens with zero attached hydrogens (tertiary/aromatic N) is 1. The van der Waals surface area contributed by atoms with Crippen LogP contribution in [0.4, 0.5) is 0 Å². The van der Waals surface area contributed by atoms with Gasteiger partial charge in [-0.3, -0.25) is 0 Å². The molecular weight excluding hydrogens is 110 g/mol. The molecule has 0 unspecified atom stereocenters. The fraction of sp³-hybridized carbons (Fsp3) is 0.875. The van der Waals surface area contributed by atoms with Gasteiger partial charge in [0.05, 0.1) is 11.5 Å². The van der Waals surface area contributed by atoms with E-state index in [2.05, 4.69) is 19.9 Å². The van der Waals surface area contributed by atoms with E-state index < -0.39 is 0 Å². The molecule has 0 saturated heterocycles. The summed E-state index contributed by atoms with van der Waals surface area (Å²) in [4.78, 5) is 0. The molecule has 0 heterocycles. The van der Waals surface area contributed by atoms with Crippen molar-refractivity contribution in [1.29, 1.82) is 5.26 Å². The minimum absolute atomic E-state index is 0.119. The molecule has 1 fully saturated rings. The quantitative estimate of drug-likeness (QED) is 0.553. The topological polar surface area (TPSA) is 23.8 Å². The van der Waals surface area contributed by atoms with Crippen LogP contribution in [-0.4, -0.2) is 0 Å². The second kappa shape index (κ2) is 2.02. The summed E-state index contributed by atoms with van der Waals surface area (Å²) in [5.74, 6) is 0.687. The Morgan fingerprint density at radius 1 is 1.56 bits per heavy atom. The van der Waals surface area contributed by atoms with Crippen molar-refractivity contribution in [2.24, 2.45) is 11.3 Å². The fourth-order valence-corrected chi connectivity index (χ4v) is 1.29. The zero-order valence-corrected chi connectivity index (χ0v) is 6.15. The third kappa shape index (κ3) is 1.45. The summed E-state index contributed by atoms with van der Waals surface area (Å²) in [5, 5.41) is 8.66. The van der Waals surface area contributed by atoms with E-state index in [4.69, 9.17) is 5.26 Å². The van der Waals surface area contributed by atoms with Crippen LogP contribution in [0.15, 0.2) is 0 Å². The predicted octanol–water partition coefficient (Wildman–Crippen LogP) is 2.34. The first-order chi connectivity index (χ1) is 4.18. The summed E-state index contributed by atoms with van der Waals surface area (Å²) < 4.78 is 0. The molecule has 1 heteroatoms. The molecule has 0 bridgehead atoms. The maximum Gasteiger partial charge on any atom is 0.0689 e. The summed E-state index contributed by atoms with van der Waals surface area (Å²) in [6.45, 7) is 4.36. The third-order valence-electron chi connectivity index (χ3n) is 1.89. The summed E-state index contributed by atoms with van der Waals surface area (Å²) in [6, 6.07) is 2.38. The van der Waals surface area contributed by atoms with E-state index in [0.717, 1.165) is 19.3 Å². The third-order valence-corrected chi connectivity index (χ3v) is 1.89. The number of rotatable bonds is 2. The Labute approximate surface area is 56.7 Å². The molecule has 1 saturated carbocycles. The largest absolute Gasteiger partial charge is 0.198 e. The van der Waals surface area contributed by atoms with Crippen LogP contribution in [0.3, 0.4) is 0 Å². The van der Waals surface area contributed by atoms with Gasteiger partial charge in [-0.25, -0.2) is 0 Å². The van der Waals surface area contributed by atoms with E-state index in [1.54, 1.807) is 0 Å². The highest BCUT2D eigenvalue weighted by molar-refractivity contribution is 5.09. The first-order valence-corrected chi connectivity index (χ1v) is 3.60. The molecule has 50 valence electrons. The maximum atomic E-state index is 8.66. The second-order valence-corrected chi connectivity index (χ2v) is 3.49. The van der Waals surface area contributed by atoms with E-state index in [9.17, 15) is 0 Å². The van der Waals surface area contributed by atoms with E-state index >= 15 is 0 Å². The van der Waals surface area contributed by atoms with Crippen molar-refractivity contribution in [3.8, 4) is 6.07 Å². The molecule has 1 aliphatic carbocycles. The average molecular weight is 123 g/mol. The average Bonchev–Trinajstić information content (AvgIpc) is 2.48. The summed E-state index contributed by atoms with van der Waals surface area (Å²) >= 11 is 0. The molecule has 0 aromatic heterocycles. The molecule has 0 aromatic carbocycles. The molecule has 0 atom stereocenters. The van der Waals surface area contributed by atoms with Gasteiger partial charge in [0.1, 0.15) is 0 Å². The Bertz CT molecular complexity index is 137. The van der Waals surface area contributed by atoms with Crippen molar-refractivity contribution >= 4 is 0 Å². The smallest absolute Gasteiger partial charge is 0.0689 e. The number of nitriles is 1. The molecule has 1 aliphatic rings. The Morgan fingerprint density at radius 3 is 2.22 bits per heavy atom. The van der Waals surface area contributed by atoms with Crippen molar-refractivity contribution < 1.29 is 0 Å². The molecule has 0 radical (unpaired) electrons. The van der Waals surface area contributed by atoms with Gasteiger partial charge in [0, 0.05) is 0 Å². The Balaban J connectivity index is 2.36. The molecule has 0 N–H and O–H groups in total. The molecule has 0 spiro atoms. The highest BCUT2D eigenvalue weighted by Gasteiger charge is 2.42. The van der Waals surface area contributed by atoms with Crippen molar-refractivity contribution in [1.82, 2.24) is 0 Å². The lowest BCUT2D eigenvalue weighted by atomic mass is 9.96. The monoisotopic (exact) mass is 123 g/mol. The normalized spacial score (nSPS) is 21.6. The van der Waals surface area contributed by atoms with Crippen LogP contribution in [-0.2, 0) is 0 Å². The fourth-order valence-electron chi connectivity index (χ4n) is 1.29. The zero-order valence-electron chi connectivity index (χ0n) is 6.15. The second-order valence-electron chi connectivity index (χ2n) is 3.49. The van der Waals surface area contributed by atoms with Crippen molar-refractivity contribution in [2.75, 3.05) is 0 Å². The van der Waals surface area contributed by atoms with Crippen molar-refractivity contribution in [2.45, 2.75) is 33.1 Å². The van der Waals surface area contributed by atoms with Gasteiger partial charge < -0.3 is 0 Å². The lowest BCUT2D eigenvalue weighted by molar-refractivity contribution is 0.471. The van der Waals surface area contributed by atoms with Gasteiger partial charge in [-0.05, 0) is 25.2 Å². The van der Waals surface area contributed by atoms with Gasteiger partial charge >= 0.3 is 0 Å². The van der Waals surface area contributed by atoms with Gasteiger partial charge in [0.15, 0.2) is 0 Å². The Hall–Kier alpha value is -0.510. The Kier molecular flexibility index (Phi) is 1.48. The van der Waals surface area contributed by atoms with Crippen LogP contribution in [0.5, 0.6) is 0 Å². The van der Waals surface area contributed by atoms with Gasteiger partial charge in [-0.2, -0.15) is 5.26 Å². The molecule has 1 nitrogen and oxygen atoms in total. The summed E-state index contributed by atoms with van der Waals surface area (Å²) in [5.41, 5.74) is 0.119. The van der Waals surface area contributed by atoms with Gasteiger partial charge in [0.25, 0.3) is 0 Å². The zero-order chi connectivity index (χ0) is 6.91. The first-order valence-electron chi connectivity index (χ1n) is 3.60. The van der Waals surface area contributed by atoms with E-state index in [1.165, 1.54) is 0 Å². The summed E-state index contributed by atoms with van der Waals surface area (Å²) in [7, 11) is 0. The molecule has 1 rings (SSSR count). The molecule has 0 amide bonds. The van der Waals surface area contributed by atoms with E-state index in [-0.39, 0.29) is 5.41 Å². The first kappa shape index (κ1) is 6.61. The maximum absolute atomic E-state index is 8.66. The SMILES string of the molecule is CC(C)CC1(C#N)CC1. The molecular formula is C8H13N. The van der Waals surface area contributed by atoms with Crippen molar-refractivity contribution in [3.05, 3.63) is 0 Å². The lowest BCUT2D eigenvalue weighted by Gasteiger charge is -2.06. The van der Waals surface area contributed by atoms with Gasteiger partial charge in [0.2, 0.25) is 0 Å². The van der Waals surface area contributed by atoms with Crippen molar-refractivity contribution in [3.63, 3.8) is 0 Å². The van der Waals surface area contributed by atoms with Crippen LogP contribution in [0.2, 0.25) is 0 Å². The molecule has 0 aliphatic heterocycles. The highest BCUT2D eigenvalue weighted by atomic mass is 14.5. The predicted molar refractivity (Wildman–Crippen MR) is 36.7 cm³/mol. The Morgan fingerprint density at radius 2 is 2.11 bits per heavy atom. The molecule has 0 aromatic rings. The minimum Gasteiger partial charge on any atom is -0.198 e. The minimum atomic E-state index is 0.119. The van der Waals surface area contributed by atoms with Crippen LogP contribution in [0.25, 0.3) is 0 Å². The summed E-state index contributed by atoms with van der Waals surface area (Å²) in [6.07, 6.45) is 3.38. The van der Waals surface area contributed by atoms with E-state index in [1.807, 2.05) is 0 Å². The van der Waals surface area contributed by atoms with Crippen LogP contribution < -0.4 is 0 Å².